The van der Waals surface area contributed by atoms with Gasteiger partial charge in [0.05, 0.1) is 53.6 Å². The third-order valence-electron chi connectivity index (χ3n) is 10.5. The van der Waals surface area contributed by atoms with Gasteiger partial charge in [0.1, 0.15) is 36.1 Å². The fourth-order valence-corrected chi connectivity index (χ4v) is 6.56. The van der Waals surface area contributed by atoms with Gasteiger partial charge in [0.15, 0.2) is 0 Å². The summed E-state index contributed by atoms with van der Waals surface area (Å²) in [6.45, 7) is 18.8. The van der Waals surface area contributed by atoms with E-state index in [4.69, 9.17) is 24.1 Å². The van der Waals surface area contributed by atoms with Crippen LogP contribution in [0.5, 0.6) is 11.5 Å². The molecule has 0 saturated carbocycles. The molecule has 0 amide bonds. The van der Waals surface area contributed by atoms with Gasteiger partial charge in [0.25, 0.3) is 11.4 Å². The quantitative estimate of drug-likeness (QED) is 0.0211. The zero-order valence-electron chi connectivity index (χ0n) is 37.0. The zero-order valence-corrected chi connectivity index (χ0v) is 37.0. The fourth-order valence-electron chi connectivity index (χ4n) is 6.56. The van der Waals surface area contributed by atoms with E-state index in [1.807, 2.05) is 24.0 Å². The molecule has 16 nitrogen and oxygen atoms in total. The third kappa shape index (κ3) is 15.3. The van der Waals surface area contributed by atoms with Crippen LogP contribution in [0.15, 0.2) is 84.1 Å². The van der Waals surface area contributed by atoms with Crippen molar-refractivity contribution in [3.8, 4) is 11.5 Å². The number of unbranched alkanes of at least 4 members (excludes halogenated alkanes) is 2. The molecule has 0 aliphatic heterocycles. The van der Waals surface area contributed by atoms with Gasteiger partial charge >= 0.3 is 11.9 Å². The highest BCUT2D eigenvalue weighted by Crippen LogP contribution is 2.45. The van der Waals surface area contributed by atoms with Crippen LogP contribution in [0.2, 0.25) is 0 Å². The Morgan fingerprint density at radius 3 is 1.81 bits per heavy atom. The third-order valence-corrected chi connectivity index (χ3v) is 10.5. The maximum absolute atomic E-state index is 12.3. The first kappa shape index (κ1) is 50.0. The predicted molar refractivity (Wildman–Crippen MR) is 242 cm³/mol. The second kappa shape index (κ2) is 26.1. The molecule has 0 bridgehead atoms. The summed E-state index contributed by atoms with van der Waals surface area (Å²) in [6.07, 6.45) is 10.1. The summed E-state index contributed by atoms with van der Waals surface area (Å²) in [5, 5.41) is 33.2. The molecule has 3 aromatic rings. The Bertz CT molecular complexity index is 2000. The zero-order chi connectivity index (χ0) is 45.6. The van der Waals surface area contributed by atoms with Crippen molar-refractivity contribution in [2.24, 2.45) is 22.1 Å². The van der Waals surface area contributed by atoms with E-state index in [9.17, 15) is 29.8 Å². The molecule has 0 aromatic heterocycles. The SMILES string of the molecule is C=CC(=O)OCCN(CCOC(=O)C=C)c1ccc(/N=N/c2cc(OCC(CC)CCCC)c(N(C)c3ccc([N+](=O)[O-])cc3[N+](=O)[O-])cc2OCC(CC)CCCC)c(C)c1. The van der Waals surface area contributed by atoms with E-state index in [-0.39, 0.29) is 30.7 Å². The molecule has 3 rings (SSSR count). The van der Waals surface area contributed by atoms with E-state index < -0.39 is 33.2 Å². The van der Waals surface area contributed by atoms with E-state index in [1.54, 1.807) is 30.1 Å². The van der Waals surface area contributed by atoms with Crippen LogP contribution in [0.3, 0.4) is 0 Å². The minimum Gasteiger partial charge on any atom is -0.491 e. The largest absolute Gasteiger partial charge is 0.491 e. The topological polar surface area (TPSA) is 189 Å². The Kier molecular flexibility index (Phi) is 21.1. The first-order chi connectivity index (χ1) is 29.8. The van der Waals surface area contributed by atoms with Crippen molar-refractivity contribution in [2.45, 2.75) is 86.0 Å². The molecule has 0 fully saturated rings. The average Bonchev–Trinajstić information content (AvgIpc) is 3.27. The minimum absolute atomic E-state index is 0.0750. The highest BCUT2D eigenvalue weighted by Gasteiger charge is 2.26. The van der Waals surface area contributed by atoms with Gasteiger partial charge in [-0.3, -0.25) is 20.2 Å². The molecule has 0 aliphatic carbocycles. The number of hydrogen-bond donors (Lipinski definition) is 0. The smallest absolute Gasteiger partial charge is 0.330 e. The number of non-ortho nitro benzene ring substituents is 1. The Labute approximate surface area is 364 Å². The van der Waals surface area contributed by atoms with Crippen molar-refractivity contribution in [3.63, 3.8) is 0 Å². The van der Waals surface area contributed by atoms with Gasteiger partial charge in [-0.25, -0.2) is 9.59 Å². The molecular formula is C46H62N6O10. The summed E-state index contributed by atoms with van der Waals surface area (Å²) in [5.41, 5.74) is 2.21. The molecular weight excluding hydrogens is 797 g/mol. The fraction of sp³-hybridized carbons (Fsp3) is 0.478. The van der Waals surface area contributed by atoms with Crippen molar-refractivity contribution >= 4 is 51.8 Å². The molecule has 62 heavy (non-hydrogen) atoms. The van der Waals surface area contributed by atoms with Crippen LogP contribution < -0.4 is 19.3 Å². The molecule has 0 N–H and O–H groups in total. The lowest BCUT2D eigenvalue weighted by molar-refractivity contribution is -0.393. The Balaban J connectivity index is 2.16. The number of hydrogen-bond acceptors (Lipinski definition) is 14. The molecule has 16 heteroatoms. The number of azo groups is 1. The predicted octanol–water partition coefficient (Wildman–Crippen LogP) is 11.4. The highest BCUT2D eigenvalue weighted by atomic mass is 16.6. The number of nitro groups is 2. The number of nitrogens with zero attached hydrogens (tertiary/aromatic N) is 6. The molecule has 0 saturated heterocycles. The monoisotopic (exact) mass is 858 g/mol. The maximum Gasteiger partial charge on any atom is 0.330 e. The highest BCUT2D eigenvalue weighted by molar-refractivity contribution is 5.82. The summed E-state index contributed by atoms with van der Waals surface area (Å²) in [6, 6.07) is 12.6. The molecule has 0 aliphatic rings. The number of rotatable bonds is 29. The van der Waals surface area contributed by atoms with Crippen LogP contribution in [-0.4, -0.2) is 68.3 Å². The maximum atomic E-state index is 12.3. The van der Waals surface area contributed by atoms with Gasteiger partial charge in [-0.15, -0.1) is 5.11 Å². The van der Waals surface area contributed by atoms with Gasteiger partial charge in [0.2, 0.25) is 0 Å². The standard InChI is InChI=1S/C46H62N6O10/c1-9-15-17-34(11-3)31-61-43-30-42(49(8)40-22-20-37(51(55)56)28-41(40)52(57)58)44(62-32-35(12-4)18-16-10-2)29-39(43)48-47-38-21-19-36(27-33(38)7)50(23-25-59-45(53)13-5)24-26-60-46(54)14-6/h13-14,19-22,27-30,34-35H,5-6,9-12,15-18,23-26,31-32H2,1-4,7-8H3/b48-47+. The van der Waals surface area contributed by atoms with Crippen LogP contribution in [0.4, 0.5) is 39.8 Å². The van der Waals surface area contributed by atoms with Gasteiger partial charge in [-0.05, 0) is 61.4 Å². The van der Waals surface area contributed by atoms with Gasteiger partial charge in [-0.2, -0.15) is 5.11 Å². The number of esters is 2. The second-order valence-electron chi connectivity index (χ2n) is 14.9. The van der Waals surface area contributed by atoms with E-state index in [0.717, 1.165) is 80.8 Å². The van der Waals surface area contributed by atoms with Crippen molar-refractivity contribution in [1.82, 2.24) is 0 Å². The Morgan fingerprint density at radius 1 is 0.742 bits per heavy atom. The Morgan fingerprint density at radius 2 is 1.31 bits per heavy atom. The van der Waals surface area contributed by atoms with Crippen LogP contribution in [0.25, 0.3) is 0 Å². The number of anilines is 3. The Hall–Kier alpha value is -6.32. The lowest BCUT2D eigenvalue weighted by atomic mass is 10.0. The lowest BCUT2D eigenvalue weighted by Crippen LogP contribution is -2.32. The van der Waals surface area contributed by atoms with E-state index >= 15 is 0 Å². The molecule has 2 unspecified atom stereocenters. The molecule has 3 aromatic carbocycles. The van der Waals surface area contributed by atoms with Gasteiger partial charge in [0, 0.05) is 43.1 Å². The second-order valence-corrected chi connectivity index (χ2v) is 14.9. The summed E-state index contributed by atoms with van der Waals surface area (Å²) < 4.78 is 23.5. The molecule has 336 valence electrons. The number of carbonyl (C=O) groups excluding carboxylic acids is 2. The normalized spacial score (nSPS) is 12.0. The number of carbonyl (C=O) groups is 2. The van der Waals surface area contributed by atoms with Crippen LogP contribution in [-0.2, 0) is 19.1 Å². The van der Waals surface area contributed by atoms with Crippen LogP contribution in [0.1, 0.15) is 84.6 Å². The van der Waals surface area contributed by atoms with Crippen molar-refractivity contribution in [2.75, 3.05) is 56.4 Å². The summed E-state index contributed by atoms with van der Waals surface area (Å²) in [7, 11) is 1.65. The lowest BCUT2D eigenvalue weighted by Gasteiger charge is -2.25. The summed E-state index contributed by atoms with van der Waals surface area (Å²) in [4.78, 5) is 49.5. The number of nitro benzene ring substituents is 2. The first-order valence-corrected chi connectivity index (χ1v) is 21.3. The van der Waals surface area contributed by atoms with E-state index in [1.165, 1.54) is 12.1 Å². The number of ether oxygens (including phenoxy) is 4. The number of benzene rings is 3. The molecule has 0 heterocycles. The van der Waals surface area contributed by atoms with Crippen molar-refractivity contribution in [1.29, 1.82) is 0 Å². The van der Waals surface area contributed by atoms with E-state index in [0.29, 0.717) is 54.9 Å². The van der Waals surface area contributed by atoms with Crippen LogP contribution >= 0.6 is 0 Å². The summed E-state index contributed by atoms with van der Waals surface area (Å²) >= 11 is 0. The molecule has 0 spiro atoms. The molecule has 2 atom stereocenters. The average molecular weight is 859 g/mol. The summed E-state index contributed by atoms with van der Waals surface area (Å²) in [5.74, 6) is 0.167. The van der Waals surface area contributed by atoms with Crippen LogP contribution in [0, 0.1) is 39.0 Å². The van der Waals surface area contributed by atoms with Crippen molar-refractivity contribution in [3.05, 3.63) is 99.6 Å². The van der Waals surface area contributed by atoms with Gasteiger partial charge in [-0.1, -0.05) is 79.4 Å². The number of aryl methyl sites for hydroxylation is 1. The minimum atomic E-state index is -0.667. The van der Waals surface area contributed by atoms with Gasteiger partial charge < -0.3 is 28.7 Å². The molecule has 0 radical (unpaired) electrons. The first-order valence-electron chi connectivity index (χ1n) is 21.3. The van der Waals surface area contributed by atoms with Crippen molar-refractivity contribution < 1.29 is 38.4 Å². The van der Waals surface area contributed by atoms with E-state index in [2.05, 4.69) is 46.0 Å².